The summed E-state index contributed by atoms with van der Waals surface area (Å²) in [5.74, 6) is -0.262. The molecule has 0 aliphatic carbocycles. The van der Waals surface area contributed by atoms with E-state index in [0.29, 0.717) is 6.54 Å². The molecule has 0 spiro atoms. The molecule has 0 atom stereocenters. The van der Waals surface area contributed by atoms with Gasteiger partial charge in [0.05, 0.1) is 0 Å². The van der Waals surface area contributed by atoms with Gasteiger partial charge in [0.15, 0.2) is 0 Å². The Kier molecular flexibility index (Phi) is 4.01. The number of carbonyl (C=O) groups excluding carboxylic acids is 1. The molecule has 1 amide bonds. The van der Waals surface area contributed by atoms with Gasteiger partial charge in [0, 0.05) is 26.0 Å². The van der Waals surface area contributed by atoms with Crippen molar-refractivity contribution in [3.8, 4) is 0 Å². The van der Waals surface area contributed by atoms with Crippen LogP contribution in [-0.2, 0) is 11.2 Å². The Balaban J connectivity index is 2.48. The summed E-state index contributed by atoms with van der Waals surface area (Å²) < 4.78 is 0. The van der Waals surface area contributed by atoms with Gasteiger partial charge in [-0.05, 0) is 38.0 Å². The van der Waals surface area contributed by atoms with Crippen LogP contribution >= 0.6 is 0 Å². The number of pyridine rings is 1. The Labute approximate surface area is 95.9 Å². The third-order valence-electron chi connectivity index (χ3n) is 2.36. The fraction of sp³-hybridized carbons (Fsp3) is 0.500. The summed E-state index contributed by atoms with van der Waals surface area (Å²) in [6.07, 6.45) is 4.22. The maximum Gasteiger partial charge on any atom is 0.253 e. The number of aromatic nitrogens is 1. The van der Waals surface area contributed by atoms with Crippen LogP contribution in [0.15, 0.2) is 24.5 Å². The molecule has 1 heterocycles. The summed E-state index contributed by atoms with van der Waals surface area (Å²) in [6.45, 7) is 3.59. The van der Waals surface area contributed by atoms with E-state index in [2.05, 4.69) is 4.98 Å². The molecular weight excluding hydrogens is 204 g/mol. The number of nitrogens with zero attached hydrogens (tertiary/aromatic N) is 2. The first-order valence-electron chi connectivity index (χ1n) is 5.28. The summed E-state index contributed by atoms with van der Waals surface area (Å²) in [6, 6.07) is 3.84. The van der Waals surface area contributed by atoms with Crippen molar-refractivity contribution in [2.24, 2.45) is 0 Å². The molecule has 0 aliphatic heterocycles. The van der Waals surface area contributed by atoms with Gasteiger partial charge < -0.3 is 10.0 Å². The molecule has 4 nitrogen and oxygen atoms in total. The summed E-state index contributed by atoms with van der Waals surface area (Å²) in [4.78, 5) is 17.1. The monoisotopic (exact) mass is 222 g/mol. The smallest absolute Gasteiger partial charge is 0.253 e. The lowest BCUT2D eigenvalue weighted by Gasteiger charge is -2.24. The Hall–Kier alpha value is -1.42. The molecule has 0 aliphatic rings. The van der Waals surface area contributed by atoms with Crippen molar-refractivity contribution < 1.29 is 9.90 Å². The van der Waals surface area contributed by atoms with Crippen molar-refractivity contribution in [2.45, 2.75) is 25.9 Å². The molecule has 0 saturated heterocycles. The van der Waals surface area contributed by atoms with E-state index >= 15 is 0 Å². The maximum atomic E-state index is 11.6. The normalized spacial score (nSPS) is 11.2. The lowest BCUT2D eigenvalue weighted by atomic mass is 10.1. The van der Waals surface area contributed by atoms with Gasteiger partial charge in [-0.15, -0.1) is 0 Å². The van der Waals surface area contributed by atoms with Crippen LogP contribution in [0, 0.1) is 0 Å². The van der Waals surface area contributed by atoms with Crippen LogP contribution in [0.1, 0.15) is 19.4 Å². The summed E-state index contributed by atoms with van der Waals surface area (Å²) >= 11 is 0. The van der Waals surface area contributed by atoms with Crippen LogP contribution in [0.25, 0.3) is 0 Å². The number of aliphatic hydroxyl groups is 1. The molecule has 4 heteroatoms. The second kappa shape index (κ2) is 5.07. The minimum absolute atomic E-state index is 0.262. The molecule has 16 heavy (non-hydrogen) atoms. The van der Waals surface area contributed by atoms with Gasteiger partial charge in [-0.1, -0.05) is 0 Å². The fourth-order valence-corrected chi connectivity index (χ4v) is 1.41. The molecule has 1 N–H and O–H groups in total. The Morgan fingerprint density at radius 1 is 1.44 bits per heavy atom. The summed E-state index contributed by atoms with van der Waals surface area (Å²) in [7, 11) is 1.70. The number of amides is 1. The van der Waals surface area contributed by atoms with Gasteiger partial charge in [-0.25, -0.2) is 0 Å². The molecule has 1 aromatic rings. The first-order valence-corrected chi connectivity index (χ1v) is 5.28. The predicted molar refractivity (Wildman–Crippen MR) is 61.9 cm³/mol. The zero-order valence-electron chi connectivity index (χ0n) is 9.97. The van der Waals surface area contributed by atoms with Crippen molar-refractivity contribution in [2.75, 3.05) is 13.6 Å². The lowest BCUT2D eigenvalue weighted by molar-refractivity contribution is -0.146. The highest BCUT2D eigenvalue weighted by molar-refractivity contribution is 5.83. The minimum Gasteiger partial charge on any atom is -0.381 e. The van der Waals surface area contributed by atoms with Crippen molar-refractivity contribution in [3.05, 3.63) is 30.1 Å². The molecule has 0 aromatic carbocycles. The van der Waals surface area contributed by atoms with E-state index in [4.69, 9.17) is 0 Å². The second-order valence-electron chi connectivity index (χ2n) is 4.39. The Bertz CT molecular complexity index is 344. The first-order chi connectivity index (χ1) is 7.41. The van der Waals surface area contributed by atoms with Crippen molar-refractivity contribution >= 4 is 5.91 Å². The molecular formula is C12H18N2O2. The summed E-state index contributed by atoms with van der Waals surface area (Å²) in [5, 5.41) is 9.55. The van der Waals surface area contributed by atoms with E-state index < -0.39 is 5.60 Å². The Morgan fingerprint density at radius 3 is 2.50 bits per heavy atom. The maximum absolute atomic E-state index is 11.6. The third kappa shape index (κ3) is 3.62. The van der Waals surface area contributed by atoms with Gasteiger partial charge in [-0.2, -0.15) is 0 Å². The van der Waals surface area contributed by atoms with Crippen LogP contribution in [0.2, 0.25) is 0 Å². The van der Waals surface area contributed by atoms with Crippen LogP contribution in [0.3, 0.4) is 0 Å². The molecule has 0 fully saturated rings. The summed E-state index contributed by atoms with van der Waals surface area (Å²) in [5.41, 5.74) is -0.169. The van der Waals surface area contributed by atoms with Crippen molar-refractivity contribution in [1.29, 1.82) is 0 Å². The highest BCUT2D eigenvalue weighted by atomic mass is 16.3. The molecule has 1 aromatic heterocycles. The highest BCUT2D eigenvalue weighted by Gasteiger charge is 2.26. The number of likely N-dealkylation sites (N-methyl/N-ethyl adjacent to an activating group) is 1. The van der Waals surface area contributed by atoms with E-state index in [1.807, 2.05) is 12.1 Å². The first kappa shape index (κ1) is 12.6. The van der Waals surface area contributed by atoms with Crippen LogP contribution in [0.5, 0.6) is 0 Å². The lowest BCUT2D eigenvalue weighted by Crippen LogP contribution is -2.43. The molecule has 0 bridgehead atoms. The van der Waals surface area contributed by atoms with Crippen LogP contribution in [0.4, 0.5) is 0 Å². The number of hydrogen-bond donors (Lipinski definition) is 1. The van der Waals surface area contributed by atoms with E-state index in [-0.39, 0.29) is 5.91 Å². The number of hydrogen-bond acceptors (Lipinski definition) is 3. The minimum atomic E-state index is -1.30. The predicted octanol–water partition coefficient (Wildman–Crippen LogP) is 0.853. The van der Waals surface area contributed by atoms with Gasteiger partial charge in [-0.3, -0.25) is 9.78 Å². The van der Waals surface area contributed by atoms with Crippen LogP contribution in [-0.4, -0.2) is 40.1 Å². The molecule has 88 valence electrons. The van der Waals surface area contributed by atoms with Gasteiger partial charge in [0.2, 0.25) is 0 Å². The molecule has 0 radical (unpaired) electrons. The SMILES string of the molecule is CN(CCc1ccncc1)C(=O)C(C)(C)O. The van der Waals surface area contributed by atoms with Crippen LogP contribution < -0.4 is 0 Å². The van der Waals surface area contributed by atoms with Crippen molar-refractivity contribution in [3.63, 3.8) is 0 Å². The van der Waals surface area contributed by atoms with E-state index in [1.54, 1.807) is 24.3 Å². The van der Waals surface area contributed by atoms with Gasteiger partial charge in [0.25, 0.3) is 5.91 Å². The van der Waals surface area contributed by atoms with E-state index in [1.165, 1.54) is 13.8 Å². The zero-order valence-corrected chi connectivity index (χ0v) is 9.97. The quantitative estimate of drug-likeness (QED) is 0.821. The average Bonchev–Trinajstić information content (AvgIpc) is 2.25. The zero-order chi connectivity index (χ0) is 12.2. The number of rotatable bonds is 4. The van der Waals surface area contributed by atoms with Crippen molar-refractivity contribution in [1.82, 2.24) is 9.88 Å². The van der Waals surface area contributed by atoms with Gasteiger partial charge in [0.1, 0.15) is 5.60 Å². The second-order valence-corrected chi connectivity index (χ2v) is 4.39. The Morgan fingerprint density at radius 2 is 2.00 bits per heavy atom. The largest absolute Gasteiger partial charge is 0.381 e. The van der Waals surface area contributed by atoms with E-state index in [0.717, 1.165) is 12.0 Å². The standard InChI is InChI=1S/C12H18N2O2/c1-12(2,16)11(15)14(3)9-6-10-4-7-13-8-5-10/h4-5,7-8,16H,6,9H2,1-3H3. The average molecular weight is 222 g/mol. The van der Waals surface area contributed by atoms with Gasteiger partial charge >= 0.3 is 0 Å². The fourth-order valence-electron chi connectivity index (χ4n) is 1.41. The number of carbonyl (C=O) groups is 1. The third-order valence-corrected chi connectivity index (χ3v) is 2.36. The van der Waals surface area contributed by atoms with E-state index in [9.17, 15) is 9.90 Å². The topological polar surface area (TPSA) is 53.4 Å². The molecule has 0 saturated carbocycles. The molecule has 1 rings (SSSR count). The highest BCUT2D eigenvalue weighted by Crippen LogP contribution is 2.07. The molecule has 0 unspecified atom stereocenters.